The minimum Gasteiger partial charge on any atom is -0.508 e. The third kappa shape index (κ3) is 4.29. The molecule has 2 N–H and O–H groups in total. The lowest BCUT2D eigenvalue weighted by atomic mass is 9.95. The topological polar surface area (TPSA) is 126 Å². The molecule has 1 fully saturated rings. The number of halogens is 1. The summed E-state index contributed by atoms with van der Waals surface area (Å²) in [7, 11) is 0. The fourth-order valence-corrected chi connectivity index (χ4v) is 4.43. The van der Waals surface area contributed by atoms with Crippen LogP contribution in [0.15, 0.2) is 33.5 Å². The van der Waals surface area contributed by atoms with Crippen molar-refractivity contribution in [2.75, 3.05) is 24.6 Å². The Hall–Kier alpha value is -4.65. The molecule has 0 spiro atoms. The van der Waals surface area contributed by atoms with Crippen LogP contribution >= 0.6 is 0 Å². The van der Waals surface area contributed by atoms with Gasteiger partial charge in [0.15, 0.2) is 5.82 Å². The van der Waals surface area contributed by atoms with Crippen molar-refractivity contribution in [3.8, 4) is 35.4 Å². The highest BCUT2D eigenvalue weighted by atomic mass is 19.1. The summed E-state index contributed by atoms with van der Waals surface area (Å²) < 4.78 is 26.0. The molecule has 0 bridgehead atoms. The predicted molar refractivity (Wildman–Crippen MR) is 135 cm³/mol. The Morgan fingerprint density at radius 2 is 2.05 bits per heavy atom. The maximum absolute atomic E-state index is 14.6. The van der Waals surface area contributed by atoms with Gasteiger partial charge in [-0.25, -0.2) is 9.18 Å². The smallest absolute Gasteiger partial charge is 0.349 e. The molecule has 37 heavy (non-hydrogen) atoms. The molecule has 0 unspecified atom stereocenters. The Balaban J connectivity index is 1.74. The molecule has 4 aromatic rings. The van der Waals surface area contributed by atoms with Crippen molar-refractivity contribution in [1.82, 2.24) is 9.97 Å². The van der Waals surface area contributed by atoms with Gasteiger partial charge in [-0.2, -0.15) is 9.97 Å². The molecule has 10 heteroatoms. The summed E-state index contributed by atoms with van der Waals surface area (Å²) in [5.41, 5.74) is 0.220. The van der Waals surface area contributed by atoms with Crippen LogP contribution in [0.25, 0.3) is 33.0 Å². The third-order valence-electron chi connectivity index (χ3n) is 6.33. The van der Waals surface area contributed by atoms with Crippen molar-refractivity contribution >= 4 is 33.5 Å². The van der Waals surface area contributed by atoms with Crippen LogP contribution in [0.1, 0.15) is 30.4 Å². The number of ether oxygens (including phenoxy) is 1. The van der Waals surface area contributed by atoms with Crippen LogP contribution in [-0.2, 0) is 4.79 Å². The quantitative estimate of drug-likeness (QED) is 0.284. The van der Waals surface area contributed by atoms with Crippen LogP contribution in [-0.4, -0.2) is 45.8 Å². The van der Waals surface area contributed by atoms with Gasteiger partial charge in [0, 0.05) is 36.0 Å². The van der Waals surface area contributed by atoms with Gasteiger partial charge in [-0.1, -0.05) is 12.0 Å². The monoisotopic (exact) mass is 503 g/mol. The Morgan fingerprint density at radius 1 is 1.27 bits per heavy atom. The number of hydrogen-bond acceptors (Lipinski definition) is 8. The number of aryl methyl sites for hydroxylation is 1. The molecule has 2 aromatic carbocycles. The largest absolute Gasteiger partial charge is 0.508 e. The molecule has 5 rings (SSSR count). The molecule has 0 aliphatic carbocycles. The van der Waals surface area contributed by atoms with Crippen molar-refractivity contribution < 1.29 is 28.6 Å². The standard InChI is InChI=1S/C27H22FN3O6/c1-3-17-19(28)8-7-15-12-16(32)13-18(21(15)17)24-14(2)23-22(26(35)37-24)25(31-9-5-10-31)30-27(29-23)36-11-4-6-20(33)34/h1,7-8,12-13,32H,4-6,9-11H2,2H3,(H,33,34). The Morgan fingerprint density at radius 3 is 2.73 bits per heavy atom. The van der Waals surface area contributed by atoms with E-state index in [4.69, 9.17) is 20.7 Å². The molecular weight excluding hydrogens is 481 g/mol. The average molecular weight is 503 g/mol. The van der Waals surface area contributed by atoms with E-state index in [-0.39, 0.29) is 59.0 Å². The zero-order chi connectivity index (χ0) is 26.3. The van der Waals surface area contributed by atoms with Gasteiger partial charge in [0.05, 0.1) is 17.7 Å². The first-order valence-corrected chi connectivity index (χ1v) is 11.7. The first-order valence-electron chi connectivity index (χ1n) is 11.7. The number of hydrogen-bond donors (Lipinski definition) is 2. The number of benzene rings is 2. The highest BCUT2D eigenvalue weighted by Gasteiger charge is 2.27. The fraction of sp³-hybridized carbons (Fsp3) is 0.259. The molecule has 1 saturated heterocycles. The van der Waals surface area contributed by atoms with E-state index >= 15 is 0 Å². The van der Waals surface area contributed by atoms with Gasteiger partial charge in [-0.05, 0) is 43.4 Å². The number of fused-ring (bicyclic) bond motifs is 2. The minimum absolute atomic E-state index is 0.00411. The molecule has 9 nitrogen and oxygen atoms in total. The van der Waals surface area contributed by atoms with Gasteiger partial charge in [0.2, 0.25) is 0 Å². The normalized spacial score (nSPS) is 12.9. The lowest BCUT2D eigenvalue weighted by molar-refractivity contribution is -0.137. The summed E-state index contributed by atoms with van der Waals surface area (Å²) in [4.78, 5) is 34.9. The number of carboxylic acid groups (broad SMARTS) is 1. The fourth-order valence-electron chi connectivity index (χ4n) is 4.43. The van der Waals surface area contributed by atoms with Crippen molar-refractivity contribution in [1.29, 1.82) is 0 Å². The van der Waals surface area contributed by atoms with E-state index in [2.05, 4.69) is 15.9 Å². The number of aromatic nitrogens is 2. The highest BCUT2D eigenvalue weighted by Crippen LogP contribution is 2.39. The summed E-state index contributed by atoms with van der Waals surface area (Å²) in [6, 6.07) is 5.50. The lowest BCUT2D eigenvalue weighted by Gasteiger charge is -2.32. The summed E-state index contributed by atoms with van der Waals surface area (Å²) in [5, 5.41) is 20.2. The second-order valence-electron chi connectivity index (χ2n) is 8.74. The van der Waals surface area contributed by atoms with Crippen molar-refractivity contribution in [2.45, 2.75) is 26.2 Å². The molecule has 1 aliphatic heterocycles. The van der Waals surface area contributed by atoms with E-state index in [0.717, 1.165) is 6.42 Å². The van der Waals surface area contributed by atoms with Crippen molar-refractivity contribution in [3.05, 3.63) is 51.6 Å². The number of aromatic hydroxyl groups is 1. The zero-order valence-electron chi connectivity index (χ0n) is 19.9. The van der Waals surface area contributed by atoms with E-state index in [1.165, 1.54) is 24.3 Å². The highest BCUT2D eigenvalue weighted by molar-refractivity contribution is 6.03. The van der Waals surface area contributed by atoms with Gasteiger partial charge in [0.1, 0.15) is 22.7 Å². The van der Waals surface area contributed by atoms with E-state index in [1.807, 2.05) is 4.90 Å². The number of aliphatic carboxylic acids is 1. The molecule has 0 saturated carbocycles. The van der Waals surface area contributed by atoms with Crippen LogP contribution in [0, 0.1) is 25.1 Å². The Bertz CT molecular complexity index is 1670. The molecule has 2 aromatic heterocycles. The molecule has 0 radical (unpaired) electrons. The second-order valence-corrected chi connectivity index (χ2v) is 8.74. The Labute approximate surface area is 210 Å². The van der Waals surface area contributed by atoms with Crippen molar-refractivity contribution in [2.24, 2.45) is 0 Å². The van der Waals surface area contributed by atoms with Crippen molar-refractivity contribution in [3.63, 3.8) is 0 Å². The zero-order valence-corrected chi connectivity index (χ0v) is 19.9. The molecule has 188 valence electrons. The number of anilines is 1. The van der Waals surface area contributed by atoms with Crippen LogP contribution in [0.4, 0.5) is 10.2 Å². The Kier molecular flexibility index (Phi) is 6.13. The number of nitrogens with zero attached hydrogens (tertiary/aromatic N) is 3. The number of phenolic OH excluding ortho intramolecular Hbond substituents is 1. The molecular formula is C27H22FN3O6. The summed E-state index contributed by atoms with van der Waals surface area (Å²) in [6.45, 7) is 3.14. The maximum Gasteiger partial charge on any atom is 0.349 e. The minimum atomic E-state index is -0.941. The van der Waals surface area contributed by atoms with Gasteiger partial charge in [-0.3, -0.25) is 4.79 Å². The summed E-state index contributed by atoms with van der Waals surface area (Å²) in [5.74, 6) is 1.11. The van der Waals surface area contributed by atoms with E-state index in [9.17, 15) is 19.1 Å². The van der Waals surface area contributed by atoms with E-state index < -0.39 is 17.4 Å². The number of rotatable bonds is 7. The molecule has 3 heterocycles. The number of carboxylic acids is 1. The number of terminal acetylenes is 1. The molecule has 0 amide bonds. The lowest BCUT2D eigenvalue weighted by Crippen LogP contribution is -2.38. The van der Waals surface area contributed by atoms with Crippen LogP contribution in [0.3, 0.4) is 0 Å². The van der Waals surface area contributed by atoms with Gasteiger partial charge >= 0.3 is 17.6 Å². The third-order valence-corrected chi connectivity index (χ3v) is 6.33. The van der Waals surface area contributed by atoms with Crippen LogP contribution in [0.5, 0.6) is 11.8 Å². The number of carbonyl (C=O) groups is 1. The van der Waals surface area contributed by atoms with Gasteiger partial charge in [0.25, 0.3) is 0 Å². The van der Waals surface area contributed by atoms with Crippen LogP contribution < -0.4 is 15.3 Å². The first-order chi connectivity index (χ1) is 17.8. The SMILES string of the molecule is C#Cc1c(F)ccc2cc(O)cc(-c3oc(=O)c4c(N5CCC5)nc(OCCCC(=O)O)nc4c3C)c12. The predicted octanol–water partition coefficient (Wildman–Crippen LogP) is 3.99. The van der Waals surface area contributed by atoms with Gasteiger partial charge in [-0.15, -0.1) is 6.42 Å². The van der Waals surface area contributed by atoms with E-state index in [0.29, 0.717) is 35.2 Å². The second kappa shape index (κ2) is 9.43. The number of phenols is 1. The van der Waals surface area contributed by atoms with E-state index in [1.54, 1.807) is 6.92 Å². The van der Waals surface area contributed by atoms with Crippen LogP contribution in [0.2, 0.25) is 0 Å². The molecule has 0 atom stereocenters. The van der Waals surface area contributed by atoms with Gasteiger partial charge < -0.3 is 24.3 Å². The average Bonchev–Trinajstić information content (AvgIpc) is 2.82. The summed E-state index contributed by atoms with van der Waals surface area (Å²) >= 11 is 0. The first kappa shape index (κ1) is 24.1. The maximum atomic E-state index is 14.6. The summed E-state index contributed by atoms with van der Waals surface area (Å²) in [6.07, 6.45) is 6.72. The molecule has 1 aliphatic rings.